The van der Waals surface area contributed by atoms with Gasteiger partial charge in [0.2, 0.25) is 0 Å². The number of carbonyl (C=O) groups is 2. The number of hydrogen-bond acceptors (Lipinski definition) is 9. The molecule has 3 aromatic carbocycles. The van der Waals surface area contributed by atoms with E-state index in [1.165, 1.54) is 0 Å². The lowest BCUT2D eigenvalue weighted by Crippen LogP contribution is -2.55. The molecule has 12 heteroatoms. The molecule has 3 N–H and O–H groups in total. The molecule has 51 heavy (non-hydrogen) atoms. The van der Waals surface area contributed by atoms with E-state index in [1.807, 2.05) is 78.7 Å². The number of ether oxygens (including phenoxy) is 1. The molecule has 3 aliphatic rings. The smallest absolute Gasteiger partial charge is 0.264 e. The van der Waals surface area contributed by atoms with Crippen LogP contribution in [-0.2, 0) is 34.7 Å². The first-order valence-electron chi connectivity index (χ1n) is 17.6. The lowest BCUT2D eigenvalue weighted by atomic mass is 9.83. The van der Waals surface area contributed by atoms with Crippen LogP contribution in [0.3, 0.4) is 0 Å². The number of aliphatic hydroxyl groups is 2. The summed E-state index contributed by atoms with van der Waals surface area (Å²) in [6.07, 6.45) is 8.17. The summed E-state index contributed by atoms with van der Waals surface area (Å²) in [5.41, 5.74) is 2.19. The van der Waals surface area contributed by atoms with E-state index in [1.54, 1.807) is 28.8 Å². The number of anilines is 3. The lowest BCUT2D eigenvalue weighted by molar-refractivity contribution is -0.139. The maximum absolute atomic E-state index is 14.2. The number of hydrogen-bond donors (Lipinski definition) is 3. The molecule has 12 nitrogen and oxygen atoms in total. The van der Waals surface area contributed by atoms with Crippen LogP contribution in [0.1, 0.15) is 43.0 Å². The van der Waals surface area contributed by atoms with Gasteiger partial charge in [0.05, 0.1) is 31.7 Å². The fraction of sp³-hybridized carbons (Fsp3) is 0.385. The monoisotopic (exact) mass is 691 g/mol. The van der Waals surface area contributed by atoms with Gasteiger partial charge in [-0.1, -0.05) is 54.6 Å². The van der Waals surface area contributed by atoms with Crippen LogP contribution in [0.15, 0.2) is 91.1 Å². The Morgan fingerprint density at radius 1 is 1.00 bits per heavy atom. The number of fused-ring (bicyclic) bond motifs is 1. The second kappa shape index (κ2) is 14.3. The van der Waals surface area contributed by atoms with Gasteiger partial charge in [0, 0.05) is 48.6 Å². The lowest BCUT2D eigenvalue weighted by Gasteiger charge is -2.39. The number of rotatable bonds is 12. The Bertz CT molecular complexity index is 1890. The van der Waals surface area contributed by atoms with Crippen LogP contribution in [-0.4, -0.2) is 76.0 Å². The number of allylic oxidation sites excluding steroid dienone is 1. The Morgan fingerprint density at radius 3 is 2.49 bits per heavy atom. The minimum Gasteiger partial charge on any atom is -0.497 e. The Balaban J connectivity index is 1.09. The SMILES string of the molecule is COc1ccc2c(c1)[C@@](O)([C@H](C)/C=C/CCn1cc(CCO)nn1)C(=O)N2Cc1ccc(N2CN(c3ccccc3)C3(CCNCC3)C2=O)cc1. The fourth-order valence-electron chi connectivity index (χ4n) is 7.66. The predicted octanol–water partition coefficient (Wildman–Crippen LogP) is 3.77. The molecule has 0 aliphatic carbocycles. The molecule has 2 fully saturated rings. The van der Waals surface area contributed by atoms with Crippen molar-refractivity contribution in [3.05, 3.63) is 108 Å². The van der Waals surface area contributed by atoms with Gasteiger partial charge in [-0.15, -0.1) is 5.10 Å². The van der Waals surface area contributed by atoms with Crippen molar-refractivity contribution < 1.29 is 24.5 Å². The zero-order valence-corrected chi connectivity index (χ0v) is 29.1. The Labute approximate surface area is 297 Å². The average Bonchev–Trinajstić information content (AvgIpc) is 3.79. The van der Waals surface area contributed by atoms with Crippen molar-refractivity contribution >= 4 is 28.9 Å². The van der Waals surface area contributed by atoms with Gasteiger partial charge < -0.3 is 30.1 Å². The number of amides is 2. The number of para-hydroxylation sites is 1. The van der Waals surface area contributed by atoms with Crippen molar-refractivity contribution in [2.24, 2.45) is 5.92 Å². The quantitative estimate of drug-likeness (QED) is 0.190. The molecule has 2 atom stereocenters. The van der Waals surface area contributed by atoms with E-state index in [-0.39, 0.29) is 19.1 Å². The highest BCUT2D eigenvalue weighted by Gasteiger charge is 2.54. The summed E-state index contributed by atoms with van der Waals surface area (Å²) in [5.74, 6) is -0.283. The molecule has 3 aliphatic heterocycles. The Morgan fingerprint density at radius 2 is 1.76 bits per heavy atom. The third-order valence-electron chi connectivity index (χ3n) is 10.6. The van der Waals surface area contributed by atoms with Crippen LogP contribution in [0.2, 0.25) is 0 Å². The number of carbonyl (C=O) groups excluding carboxylic acids is 2. The molecule has 2 saturated heterocycles. The summed E-state index contributed by atoms with van der Waals surface area (Å²) in [4.78, 5) is 34.1. The maximum Gasteiger partial charge on any atom is 0.264 e. The molecule has 0 unspecified atom stereocenters. The van der Waals surface area contributed by atoms with Crippen LogP contribution in [0.25, 0.3) is 0 Å². The van der Waals surface area contributed by atoms with Gasteiger partial charge in [-0.2, -0.15) is 0 Å². The number of nitrogens with zero attached hydrogens (tertiary/aromatic N) is 6. The van der Waals surface area contributed by atoms with E-state index in [4.69, 9.17) is 9.84 Å². The van der Waals surface area contributed by atoms with Crippen molar-refractivity contribution in [2.45, 2.75) is 56.8 Å². The maximum atomic E-state index is 14.2. The summed E-state index contributed by atoms with van der Waals surface area (Å²) in [6, 6.07) is 23.3. The molecule has 1 spiro atoms. The van der Waals surface area contributed by atoms with Crippen LogP contribution in [0, 0.1) is 5.92 Å². The van der Waals surface area contributed by atoms with Gasteiger partial charge in [-0.05, 0) is 80.4 Å². The Kier molecular flexibility index (Phi) is 9.65. The normalized spacial score (nSPS) is 20.5. The van der Waals surface area contributed by atoms with Crippen LogP contribution < -0.4 is 24.8 Å². The van der Waals surface area contributed by atoms with Gasteiger partial charge in [0.1, 0.15) is 11.3 Å². The molecule has 1 aromatic heterocycles. The van der Waals surface area contributed by atoms with Gasteiger partial charge >= 0.3 is 0 Å². The van der Waals surface area contributed by atoms with Crippen LogP contribution in [0.5, 0.6) is 5.75 Å². The van der Waals surface area contributed by atoms with E-state index in [2.05, 4.69) is 32.7 Å². The van der Waals surface area contributed by atoms with E-state index >= 15 is 0 Å². The largest absolute Gasteiger partial charge is 0.497 e. The molecular formula is C39H45N7O5. The molecule has 0 saturated carbocycles. The summed E-state index contributed by atoms with van der Waals surface area (Å²) < 4.78 is 7.20. The van der Waals surface area contributed by atoms with Crippen LogP contribution in [0.4, 0.5) is 17.1 Å². The second-order valence-electron chi connectivity index (χ2n) is 13.6. The van der Waals surface area contributed by atoms with Crippen molar-refractivity contribution in [3.8, 4) is 5.75 Å². The van der Waals surface area contributed by atoms with Gasteiger partial charge in [0.25, 0.3) is 11.8 Å². The van der Waals surface area contributed by atoms with E-state index in [0.29, 0.717) is 43.1 Å². The highest BCUT2D eigenvalue weighted by atomic mass is 16.5. The van der Waals surface area contributed by atoms with E-state index in [0.717, 1.165) is 48.6 Å². The highest BCUT2D eigenvalue weighted by molar-refractivity contribution is 6.08. The zero-order valence-electron chi connectivity index (χ0n) is 29.1. The molecule has 0 bridgehead atoms. The molecule has 7 rings (SSSR count). The molecule has 0 radical (unpaired) electrons. The van der Waals surface area contributed by atoms with Gasteiger partial charge in [0.15, 0.2) is 5.60 Å². The van der Waals surface area contributed by atoms with E-state index in [9.17, 15) is 14.7 Å². The standard InChI is InChI=1S/C39H45N7O5/c1-28(8-6-7-22-43-26-30(17-23-47)41-42-43)39(50)34-24-33(51-2)15-16-35(34)44(37(39)49)25-29-11-13-31(14-12-29)45-27-46(32-9-4-3-5-10-32)38(36(45)48)18-20-40-21-19-38/h3-6,8-16,24,26,28,40,47,50H,7,17-23,25,27H2,1-2H3/b8-6+/t28-,39+/m1/s1. The van der Waals surface area contributed by atoms with Crippen molar-refractivity contribution in [1.82, 2.24) is 20.3 Å². The molecular weight excluding hydrogens is 646 g/mol. The first kappa shape index (κ1) is 34.4. The van der Waals surface area contributed by atoms with Crippen molar-refractivity contribution in [3.63, 3.8) is 0 Å². The summed E-state index contributed by atoms with van der Waals surface area (Å²) in [7, 11) is 1.56. The van der Waals surface area contributed by atoms with Crippen LogP contribution >= 0.6 is 0 Å². The minimum absolute atomic E-state index is 0.0176. The number of nitrogens with one attached hydrogen (secondary N) is 1. The van der Waals surface area contributed by atoms with Gasteiger partial charge in [-0.25, -0.2) is 0 Å². The summed E-state index contributed by atoms with van der Waals surface area (Å²) in [5, 5.41) is 32.9. The Hall–Kier alpha value is -5.04. The van der Waals surface area contributed by atoms with Crippen molar-refractivity contribution in [1.29, 1.82) is 0 Å². The molecule has 4 heterocycles. The number of methoxy groups -OCH3 is 1. The summed E-state index contributed by atoms with van der Waals surface area (Å²) >= 11 is 0. The zero-order chi connectivity index (χ0) is 35.6. The third kappa shape index (κ3) is 6.28. The predicted molar refractivity (Wildman–Crippen MR) is 194 cm³/mol. The molecule has 4 aromatic rings. The molecule has 266 valence electrons. The topological polar surface area (TPSA) is 136 Å². The average molecular weight is 692 g/mol. The second-order valence-corrected chi connectivity index (χ2v) is 13.6. The molecule has 2 amide bonds. The van der Waals surface area contributed by atoms with Crippen molar-refractivity contribution in [2.75, 3.05) is 48.2 Å². The number of piperidine rings is 1. The minimum atomic E-state index is -1.80. The number of aromatic nitrogens is 3. The van der Waals surface area contributed by atoms with E-state index < -0.39 is 23.0 Å². The third-order valence-corrected chi connectivity index (χ3v) is 10.6. The summed E-state index contributed by atoms with van der Waals surface area (Å²) in [6.45, 7) is 4.72. The first-order chi connectivity index (χ1) is 24.8. The number of aliphatic hydroxyl groups excluding tert-OH is 1. The highest BCUT2D eigenvalue weighted by Crippen LogP contribution is 2.47. The van der Waals surface area contributed by atoms with Gasteiger partial charge in [-0.3, -0.25) is 19.2 Å². The fourth-order valence-corrected chi connectivity index (χ4v) is 7.66. The number of aryl methyl sites for hydroxylation is 1. The number of benzene rings is 3. The first-order valence-corrected chi connectivity index (χ1v) is 17.6.